The Morgan fingerprint density at radius 2 is 1.96 bits per heavy atom. The summed E-state index contributed by atoms with van der Waals surface area (Å²) < 4.78 is 19.8. The fourth-order valence-electron chi connectivity index (χ4n) is 3.57. The van der Waals surface area contributed by atoms with Crippen LogP contribution in [0.2, 0.25) is 0 Å². The molecule has 0 radical (unpaired) electrons. The predicted octanol–water partition coefficient (Wildman–Crippen LogP) is 3.97. The van der Waals surface area contributed by atoms with Gasteiger partial charge in [-0.05, 0) is 43.7 Å². The lowest BCUT2D eigenvalue weighted by Gasteiger charge is -2.22. The summed E-state index contributed by atoms with van der Waals surface area (Å²) in [6, 6.07) is 13.9. The standard InChI is InChI=1S/C22H22FN3O2/c1-26(14-15-7-6-12-24-15)22(27)17-9-3-2-8-16(17)21-25-13-20(28-21)18-10-4-5-11-19(18)23/h2-5,8-11,13,15,24H,6-7,12,14H2,1H3/t15-/m1/s1. The molecule has 3 aromatic rings. The second-order valence-corrected chi connectivity index (χ2v) is 7.03. The van der Waals surface area contributed by atoms with Gasteiger partial charge in [0, 0.05) is 25.2 Å². The lowest BCUT2D eigenvalue weighted by atomic mass is 10.1. The lowest BCUT2D eigenvalue weighted by molar-refractivity contribution is 0.0784. The third-order valence-corrected chi connectivity index (χ3v) is 5.04. The van der Waals surface area contributed by atoms with Crippen molar-refractivity contribution in [2.24, 2.45) is 0 Å². The number of rotatable bonds is 5. The van der Waals surface area contributed by atoms with Crippen LogP contribution in [0.25, 0.3) is 22.8 Å². The van der Waals surface area contributed by atoms with Gasteiger partial charge in [0.1, 0.15) is 5.82 Å². The molecular weight excluding hydrogens is 357 g/mol. The Kier molecular flexibility index (Phi) is 5.21. The van der Waals surface area contributed by atoms with Crippen LogP contribution < -0.4 is 5.32 Å². The average Bonchev–Trinajstić information content (AvgIpc) is 3.40. The molecular formula is C22H22FN3O2. The monoisotopic (exact) mass is 379 g/mol. The summed E-state index contributed by atoms with van der Waals surface area (Å²) >= 11 is 0. The zero-order valence-corrected chi connectivity index (χ0v) is 15.7. The van der Waals surface area contributed by atoms with E-state index in [0.717, 1.165) is 19.4 Å². The zero-order valence-electron chi connectivity index (χ0n) is 15.7. The summed E-state index contributed by atoms with van der Waals surface area (Å²) in [5.41, 5.74) is 1.46. The Balaban J connectivity index is 1.61. The third-order valence-electron chi connectivity index (χ3n) is 5.04. The summed E-state index contributed by atoms with van der Waals surface area (Å²) in [5, 5.41) is 3.41. The highest BCUT2D eigenvalue weighted by molar-refractivity contribution is 5.99. The molecule has 1 aromatic heterocycles. The number of nitrogens with one attached hydrogen (secondary N) is 1. The molecule has 2 heterocycles. The van der Waals surface area contributed by atoms with E-state index in [0.29, 0.717) is 40.9 Å². The van der Waals surface area contributed by atoms with E-state index in [1.807, 2.05) is 12.1 Å². The van der Waals surface area contributed by atoms with Crippen molar-refractivity contribution in [1.29, 1.82) is 0 Å². The number of aromatic nitrogens is 1. The number of nitrogens with zero attached hydrogens (tertiary/aromatic N) is 2. The van der Waals surface area contributed by atoms with Gasteiger partial charge in [0.2, 0.25) is 5.89 Å². The molecule has 0 spiro atoms. The van der Waals surface area contributed by atoms with Gasteiger partial charge in [-0.3, -0.25) is 4.79 Å². The van der Waals surface area contributed by atoms with Gasteiger partial charge in [-0.15, -0.1) is 0 Å². The first-order valence-electron chi connectivity index (χ1n) is 9.42. The molecule has 28 heavy (non-hydrogen) atoms. The van der Waals surface area contributed by atoms with Crippen LogP contribution in [0.15, 0.2) is 59.1 Å². The number of hydrogen-bond donors (Lipinski definition) is 1. The number of carbonyl (C=O) groups excluding carboxylic acids is 1. The molecule has 1 saturated heterocycles. The molecule has 1 amide bonds. The van der Waals surface area contributed by atoms with Crippen LogP contribution in [0.4, 0.5) is 4.39 Å². The van der Waals surface area contributed by atoms with E-state index in [-0.39, 0.29) is 11.7 Å². The second kappa shape index (κ2) is 7.94. The molecule has 1 atom stereocenters. The molecule has 0 unspecified atom stereocenters. The maximum Gasteiger partial charge on any atom is 0.254 e. The number of carbonyl (C=O) groups is 1. The molecule has 6 heteroatoms. The SMILES string of the molecule is CN(C[C@H]1CCCN1)C(=O)c1ccccc1-c1ncc(-c2ccccc2F)o1. The highest BCUT2D eigenvalue weighted by Gasteiger charge is 2.23. The summed E-state index contributed by atoms with van der Waals surface area (Å²) in [6.45, 7) is 1.65. The Labute approximate surface area is 163 Å². The van der Waals surface area contributed by atoms with Crippen molar-refractivity contribution in [3.05, 3.63) is 66.1 Å². The van der Waals surface area contributed by atoms with Crippen LogP contribution in [-0.4, -0.2) is 42.0 Å². The molecule has 0 saturated carbocycles. The minimum Gasteiger partial charge on any atom is -0.436 e. The molecule has 1 fully saturated rings. The van der Waals surface area contributed by atoms with Gasteiger partial charge in [-0.1, -0.05) is 24.3 Å². The van der Waals surface area contributed by atoms with Crippen LogP contribution >= 0.6 is 0 Å². The fourth-order valence-corrected chi connectivity index (χ4v) is 3.57. The summed E-state index contributed by atoms with van der Waals surface area (Å²) in [6.07, 6.45) is 3.70. The largest absolute Gasteiger partial charge is 0.436 e. The first-order valence-corrected chi connectivity index (χ1v) is 9.42. The van der Waals surface area contributed by atoms with E-state index < -0.39 is 0 Å². The van der Waals surface area contributed by atoms with E-state index >= 15 is 0 Å². The van der Waals surface area contributed by atoms with Crippen LogP contribution in [-0.2, 0) is 0 Å². The molecule has 2 aromatic carbocycles. The van der Waals surface area contributed by atoms with E-state index in [9.17, 15) is 9.18 Å². The van der Waals surface area contributed by atoms with Crippen LogP contribution in [0, 0.1) is 5.82 Å². The number of likely N-dealkylation sites (N-methyl/N-ethyl adjacent to an activating group) is 1. The molecule has 144 valence electrons. The molecule has 1 aliphatic rings. The maximum atomic E-state index is 14.0. The van der Waals surface area contributed by atoms with Gasteiger partial charge in [0.05, 0.1) is 17.3 Å². The number of halogens is 1. The molecule has 0 bridgehead atoms. The van der Waals surface area contributed by atoms with Crippen molar-refractivity contribution < 1.29 is 13.6 Å². The number of hydrogen-bond acceptors (Lipinski definition) is 4. The molecule has 1 aliphatic heterocycles. The van der Waals surface area contributed by atoms with Crippen molar-refractivity contribution in [3.8, 4) is 22.8 Å². The molecule has 4 rings (SSSR count). The third kappa shape index (κ3) is 3.68. The number of benzene rings is 2. The zero-order chi connectivity index (χ0) is 19.5. The molecule has 5 nitrogen and oxygen atoms in total. The number of oxazole rings is 1. The van der Waals surface area contributed by atoms with E-state index in [1.54, 1.807) is 42.3 Å². The summed E-state index contributed by atoms with van der Waals surface area (Å²) in [4.78, 5) is 19.0. The Hall–Kier alpha value is -2.99. The van der Waals surface area contributed by atoms with Crippen molar-refractivity contribution in [1.82, 2.24) is 15.2 Å². The van der Waals surface area contributed by atoms with Gasteiger partial charge < -0.3 is 14.6 Å². The quantitative estimate of drug-likeness (QED) is 0.729. The van der Waals surface area contributed by atoms with Gasteiger partial charge in [-0.25, -0.2) is 9.37 Å². The Morgan fingerprint density at radius 3 is 2.71 bits per heavy atom. The number of amides is 1. The smallest absolute Gasteiger partial charge is 0.254 e. The Morgan fingerprint density at radius 1 is 1.21 bits per heavy atom. The first kappa shape index (κ1) is 18.4. The Bertz CT molecular complexity index is 979. The molecule has 0 aliphatic carbocycles. The normalized spacial score (nSPS) is 16.3. The average molecular weight is 379 g/mol. The maximum absolute atomic E-state index is 14.0. The minimum atomic E-state index is -0.377. The second-order valence-electron chi connectivity index (χ2n) is 7.03. The van der Waals surface area contributed by atoms with E-state index in [4.69, 9.17) is 4.42 Å². The first-order chi connectivity index (χ1) is 13.6. The highest BCUT2D eigenvalue weighted by Crippen LogP contribution is 2.30. The van der Waals surface area contributed by atoms with Gasteiger partial charge in [0.25, 0.3) is 5.91 Å². The predicted molar refractivity (Wildman–Crippen MR) is 105 cm³/mol. The van der Waals surface area contributed by atoms with Gasteiger partial charge in [0.15, 0.2) is 5.76 Å². The van der Waals surface area contributed by atoms with Crippen LogP contribution in [0.5, 0.6) is 0 Å². The van der Waals surface area contributed by atoms with Gasteiger partial charge >= 0.3 is 0 Å². The summed E-state index contributed by atoms with van der Waals surface area (Å²) in [5.74, 6) is 0.168. The summed E-state index contributed by atoms with van der Waals surface area (Å²) in [7, 11) is 1.81. The van der Waals surface area contributed by atoms with Crippen molar-refractivity contribution in [2.75, 3.05) is 20.1 Å². The lowest BCUT2D eigenvalue weighted by Crippen LogP contribution is -2.38. The van der Waals surface area contributed by atoms with Crippen LogP contribution in [0.3, 0.4) is 0 Å². The highest BCUT2D eigenvalue weighted by atomic mass is 19.1. The fraction of sp³-hybridized carbons (Fsp3) is 0.273. The van der Waals surface area contributed by atoms with Crippen molar-refractivity contribution in [3.63, 3.8) is 0 Å². The van der Waals surface area contributed by atoms with E-state index in [1.165, 1.54) is 12.3 Å². The van der Waals surface area contributed by atoms with Crippen LogP contribution in [0.1, 0.15) is 23.2 Å². The van der Waals surface area contributed by atoms with Crippen molar-refractivity contribution in [2.45, 2.75) is 18.9 Å². The van der Waals surface area contributed by atoms with E-state index in [2.05, 4.69) is 10.3 Å². The minimum absolute atomic E-state index is 0.0880. The van der Waals surface area contributed by atoms with Gasteiger partial charge in [-0.2, -0.15) is 0 Å². The van der Waals surface area contributed by atoms with Crippen molar-refractivity contribution >= 4 is 5.91 Å². The molecule has 1 N–H and O–H groups in total. The topological polar surface area (TPSA) is 58.4 Å².